The number of rotatable bonds is 10. The standard InChI is InChI=1S/C24H38.C21H38/c1-18-4-10-21(11-5-18)16-24(23-14-8-20(3)9-15-23)17-22-12-6-19(2)7-13-22;1-4-10-18(11-5-1)16-21(20-14-8-3-9-15-20)17-19-12-6-2-7-13-19/h21-24H,1-17H2;18-21H,1-17H2. The predicted octanol–water partition coefficient (Wildman–Crippen LogP) is 14.7. The molecule has 0 amide bonds. The summed E-state index contributed by atoms with van der Waals surface area (Å²) < 4.78 is 0. The van der Waals surface area contributed by atoms with E-state index in [0.717, 1.165) is 47.3 Å². The highest BCUT2D eigenvalue weighted by Gasteiger charge is 2.32. The second-order valence-corrected chi connectivity index (χ2v) is 17.8. The molecule has 0 bridgehead atoms. The fourth-order valence-electron chi connectivity index (χ4n) is 11.3. The Hall–Kier alpha value is -0.780. The third kappa shape index (κ3) is 12.3. The molecule has 0 nitrogen and oxygen atoms in total. The van der Waals surface area contributed by atoms with Crippen molar-refractivity contribution in [3.05, 3.63) is 36.5 Å². The first kappa shape index (κ1) is 35.5. The molecule has 6 fully saturated rings. The van der Waals surface area contributed by atoms with Crippen LogP contribution >= 0.6 is 0 Å². The highest BCUT2D eigenvalue weighted by molar-refractivity contribution is 5.02. The number of hydrogen-bond acceptors (Lipinski definition) is 0. The smallest absolute Gasteiger partial charge is 0.0320 e. The second-order valence-electron chi connectivity index (χ2n) is 17.8. The van der Waals surface area contributed by atoms with Crippen molar-refractivity contribution in [1.82, 2.24) is 0 Å². The molecular formula is C45H76. The first-order valence-corrected chi connectivity index (χ1v) is 21.0. The van der Waals surface area contributed by atoms with Crippen molar-refractivity contribution in [2.24, 2.45) is 47.3 Å². The highest BCUT2D eigenvalue weighted by atomic mass is 14.4. The minimum Gasteiger partial charge on any atom is -0.0999 e. The zero-order valence-corrected chi connectivity index (χ0v) is 30.2. The van der Waals surface area contributed by atoms with Gasteiger partial charge in [0.05, 0.1) is 0 Å². The van der Waals surface area contributed by atoms with Gasteiger partial charge in [0.25, 0.3) is 0 Å². The minimum absolute atomic E-state index is 0.976. The van der Waals surface area contributed by atoms with E-state index in [1.54, 1.807) is 51.4 Å². The molecule has 0 aromatic heterocycles. The van der Waals surface area contributed by atoms with Crippen LogP contribution in [-0.4, -0.2) is 0 Å². The molecule has 6 rings (SSSR count). The Kier molecular flexibility index (Phi) is 15.2. The van der Waals surface area contributed by atoms with Crippen LogP contribution in [0.4, 0.5) is 0 Å². The van der Waals surface area contributed by atoms with Gasteiger partial charge in [-0.2, -0.15) is 0 Å². The summed E-state index contributed by atoms with van der Waals surface area (Å²) in [5.74, 6) is 8.34. The summed E-state index contributed by atoms with van der Waals surface area (Å²) in [4.78, 5) is 0. The Morgan fingerprint density at radius 2 is 0.600 bits per heavy atom. The van der Waals surface area contributed by atoms with E-state index in [-0.39, 0.29) is 0 Å². The zero-order valence-electron chi connectivity index (χ0n) is 30.2. The summed E-state index contributed by atoms with van der Waals surface area (Å²) in [5.41, 5.74) is 4.51. The molecule has 0 spiro atoms. The molecule has 0 aromatic carbocycles. The lowest BCUT2D eigenvalue weighted by Gasteiger charge is -2.37. The molecule has 0 aromatic rings. The normalized spacial score (nSPS) is 26.4. The topological polar surface area (TPSA) is 0 Å². The minimum atomic E-state index is 0.976. The molecule has 0 heteroatoms. The van der Waals surface area contributed by atoms with E-state index in [2.05, 4.69) is 19.7 Å². The van der Waals surface area contributed by atoms with Gasteiger partial charge in [0.15, 0.2) is 0 Å². The van der Waals surface area contributed by atoms with Gasteiger partial charge in [0.1, 0.15) is 0 Å². The largest absolute Gasteiger partial charge is 0.0999 e. The number of allylic oxidation sites excluding steroid dienone is 3. The van der Waals surface area contributed by atoms with E-state index in [4.69, 9.17) is 0 Å². The first-order valence-electron chi connectivity index (χ1n) is 21.0. The van der Waals surface area contributed by atoms with Crippen LogP contribution in [0.2, 0.25) is 0 Å². The van der Waals surface area contributed by atoms with E-state index in [1.807, 2.05) is 0 Å². The molecule has 6 aliphatic rings. The van der Waals surface area contributed by atoms with E-state index >= 15 is 0 Å². The van der Waals surface area contributed by atoms with Crippen LogP contribution in [0.3, 0.4) is 0 Å². The maximum absolute atomic E-state index is 4.24. The van der Waals surface area contributed by atoms with E-state index in [1.165, 1.54) is 164 Å². The van der Waals surface area contributed by atoms with Gasteiger partial charge in [-0.15, -0.1) is 0 Å². The van der Waals surface area contributed by atoms with Crippen molar-refractivity contribution in [2.75, 3.05) is 0 Å². The third-order valence-corrected chi connectivity index (χ3v) is 14.3. The van der Waals surface area contributed by atoms with Gasteiger partial charge in [-0.3, -0.25) is 0 Å². The van der Waals surface area contributed by atoms with Crippen molar-refractivity contribution < 1.29 is 0 Å². The monoisotopic (exact) mass is 617 g/mol. The quantitative estimate of drug-likeness (QED) is 0.214. The van der Waals surface area contributed by atoms with Crippen LogP contribution in [-0.2, 0) is 0 Å². The van der Waals surface area contributed by atoms with Crippen LogP contribution < -0.4 is 0 Å². The van der Waals surface area contributed by atoms with E-state index in [9.17, 15) is 0 Å². The summed E-state index contributed by atoms with van der Waals surface area (Å²) in [6.07, 6.45) is 45.7. The molecule has 0 N–H and O–H groups in total. The molecule has 0 radical (unpaired) electrons. The molecule has 6 aliphatic carbocycles. The molecule has 0 heterocycles. The van der Waals surface area contributed by atoms with Crippen molar-refractivity contribution in [3.8, 4) is 0 Å². The first-order chi connectivity index (χ1) is 22.0. The lowest BCUT2D eigenvalue weighted by atomic mass is 9.68. The van der Waals surface area contributed by atoms with Crippen LogP contribution in [0.25, 0.3) is 0 Å². The zero-order chi connectivity index (χ0) is 31.3. The Morgan fingerprint density at radius 3 is 0.956 bits per heavy atom. The molecule has 0 unspecified atom stereocenters. The molecular weight excluding hydrogens is 540 g/mol. The summed E-state index contributed by atoms with van der Waals surface area (Å²) >= 11 is 0. The van der Waals surface area contributed by atoms with Gasteiger partial charge in [-0.25, -0.2) is 0 Å². The van der Waals surface area contributed by atoms with E-state index < -0.39 is 0 Å². The lowest BCUT2D eigenvalue weighted by molar-refractivity contribution is 0.149. The molecule has 6 saturated carbocycles. The number of hydrogen-bond donors (Lipinski definition) is 0. The van der Waals surface area contributed by atoms with Gasteiger partial charge in [0, 0.05) is 0 Å². The van der Waals surface area contributed by atoms with Gasteiger partial charge in [0.2, 0.25) is 0 Å². The Balaban J connectivity index is 0.000000179. The maximum atomic E-state index is 4.24. The van der Waals surface area contributed by atoms with Gasteiger partial charge >= 0.3 is 0 Å². The fourth-order valence-corrected chi connectivity index (χ4v) is 11.3. The summed E-state index contributed by atoms with van der Waals surface area (Å²) in [6, 6.07) is 0. The SMILES string of the molecule is C1CCC(CC(CC2CCCCC2)C2CCCCC2)CC1.C=C1CCC(CC(CC2CCC(=C)CC2)C2CCC(=C)CC2)CC1. The summed E-state index contributed by atoms with van der Waals surface area (Å²) in [7, 11) is 0. The highest BCUT2D eigenvalue weighted by Crippen LogP contribution is 2.45. The maximum Gasteiger partial charge on any atom is -0.0320 e. The van der Waals surface area contributed by atoms with Gasteiger partial charge in [-0.1, -0.05) is 133 Å². The average molecular weight is 617 g/mol. The molecule has 256 valence electrons. The van der Waals surface area contributed by atoms with Gasteiger partial charge in [-0.05, 0) is 150 Å². The van der Waals surface area contributed by atoms with Crippen molar-refractivity contribution >= 4 is 0 Å². The van der Waals surface area contributed by atoms with Crippen molar-refractivity contribution in [2.45, 2.75) is 199 Å². The van der Waals surface area contributed by atoms with Crippen LogP contribution in [0.5, 0.6) is 0 Å². The summed E-state index contributed by atoms with van der Waals surface area (Å²) in [5, 5.41) is 0. The Labute approximate surface area is 282 Å². The molecule has 0 saturated heterocycles. The van der Waals surface area contributed by atoms with Gasteiger partial charge < -0.3 is 0 Å². The van der Waals surface area contributed by atoms with Crippen LogP contribution in [0, 0.1) is 47.3 Å². The third-order valence-electron chi connectivity index (χ3n) is 14.3. The van der Waals surface area contributed by atoms with Crippen LogP contribution in [0.15, 0.2) is 36.5 Å². The molecule has 45 heavy (non-hydrogen) atoms. The summed E-state index contributed by atoms with van der Waals surface area (Å²) in [6.45, 7) is 12.7. The van der Waals surface area contributed by atoms with Crippen molar-refractivity contribution in [1.29, 1.82) is 0 Å². The molecule has 0 aliphatic heterocycles. The van der Waals surface area contributed by atoms with Crippen molar-refractivity contribution in [3.63, 3.8) is 0 Å². The fraction of sp³-hybridized carbons (Fsp3) is 0.867. The van der Waals surface area contributed by atoms with E-state index in [0.29, 0.717) is 0 Å². The van der Waals surface area contributed by atoms with Crippen LogP contribution in [0.1, 0.15) is 199 Å². The molecule has 0 atom stereocenters. The predicted molar refractivity (Wildman–Crippen MR) is 198 cm³/mol. The Morgan fingerprint density at radius 1 is 0.333 bits per heavy atom. The lowest BCUT2D eigenvalue weighted by Crippen LogP contribution is -2.25. The average Bonchev–Trinajstić information content (AvgIpc) is 3.08. The Bertz CT molecular complexity index is 794. The second kappa shape index (κ2) is 19.3.